The van der Waals surface area contributed by atoms with Crippen molar-refractivity contribution in [3.63, 3.8) is 0 Å². The molecule has 2 heterocycles. The summed E-state index contributed by atoms with van der Waals surface area (Å²) >= 11 is 0. The fraction of sp³-hybridized carbons (Fsp3) is 0.438. The molecule has 0 saturated carbocycles. The number of rotatable bonds is 4. The Kier molecular flexibility index (Phi) is 5.45. The average molecular weight is 325 g/mol. The molecule has 120 valence electrons. The van der Waals surface area contributed by atoms with Crippen LogP contribution < -0.4 is 11.1 Å². The summed E-state index contributed by atoms with van der Waals surface area (Å²) in [5.41, 5.74) is 6.22. The number of amides is 1. The van der Waals surface area contributed by atoms with Crippen molar-refractivity contribution in [2.75, 3.05) is 19.8 Å². The van der Waals surface area contributed by atoms with E-state index in [4.69, 9.17) is 14.9 Å². The van der Waals surface area contributed by atoms with Crippen LogP contribution in [0.15, 0.2) is 34.7 Å². The van der Waals surface area contributed by atoms with Crippen LogP contribution in [0.1, 0.15) is 18.6 Å². The van der Waals surface area contributed by atoms with Crippen LogP contribution in [0.3, 0.4) is 0 Å². The predicted molar refractivity (Wildman–Crippen MR) is 87.1 cm³/mol. The van der Waals surface area contributed by atoms with E-state index in [0.717, 1.165) is 16.7 Å². The van der Waals surface area contributed by atoms with Crippen molar-refractivity contribution in [2.24, 2.45) is 5.73 Å². The Labute approximate surface area is 135 Å². The number of fused-ring (bicyclic) bond motifs is 1. The molecular formula is C16H21ClN2O3. The molecule has 6 heteroatoms. The molecule has 0 unspecified atom stereocenters. The SMILES string of the molecule is Cl.NC1(C(=O)NCCc2cc3ccccc3o2)CCOCC1. The van der Waals surface area contributed by atoms with Gasteiger partial charge in [0.15, 0.2) is 0 Å². The lowest BCUT2D eigenvalue weighted by atomic mass is 9.90. The quantitative estimate of drug-likeness (QED) is 0.902. The van der Waals surface area contributed by atoms with Crippen LogP contribution in [0.2, 0.25) is 0 Å². The summed E-state index contributed by atoms with van der Waals surface area (Å²) in [4.78, 5) is 12.2. The second-order valence-electron chi connectivity index (χ2n) is 5.52. The van der Waals surface area contributed by atoms with E-state index in [0.29, 0.717) is 39.0 Å². The van der Waals surface area contributed by atoms with Crippen LogP contribution >= 0.6 is 12.4 Å². The van der Waals surface area contributed by atoms with Crippen molar-refractivity contribution in [1.82, 2.24) is 5.32 Å². The number of ether oxygens (including phenoxy) is 1. The van der Waals surface area contributed by atoms with Gasteiger partial charge in [0.1, 0.15) is 11.3 Å². The Bertz CT molecular complexity index is 602. The zero-order valence-corrected chi connectivity index (χ0v) is 13.2. The number of nitrogens with one attached hydrogen (secondary N) is 1. The molecule has 22 heavy (non-hydrogen) atoms. The Morgan fingerprint density at radius 3 is 2.73 bits per heavy atom. The lowest BCUT2D eigenvalue weighted by Gasteiger charge is -2.31. The summed E-state index contributed by atoms with van der Waals surface area (Å²) in [5, 5.41) is 3.99. The van der Waals surface area contributed by atoms with Crippen LogP contribution in [0.5, 0.6) is 0 Å². The highest BCUT2D eigenvalue weighted by Crippen LogP contribution is 2.19. The van der Waals surface area contributed by atoms with Crippen LogP contribution in [-0.4, -0.2) is 31.2 Å². The lowest BCUT2D eigenvalue weighted by Crippen LogP contribution is -2.57. The molecule has 3 rings (SSSR count). The molecule has 1 aromatic heterocycles. The van der Waals surface area contributed by atoms with Gasteiger partial charge in [-0.05, 0) is 25.0 Å². The topological polar surface area (TPSA) is 77.5 Å². The van der Waals surface area contributed by atoms with Crippen molar-refractivity contribution in [3.8, 4) is 0 Å². The van der Waals surface area contributed by atoms with Crippen molar-refractivity contribution in [1.29, 1.82) is 0 Å². The molecule has 3 N–H and O–H groups in total. The van der Waals surface area contributed by atoms with E-state index in [1.807, 2.05) is 30.3 Å². The largest absolute Gasteiger partial charge is 0.461 e. The highest BCUT2D eigenvalue weighted by atomic mass is 35.5. The molecule has 0 spiro atoms. The number of hydrogen-bond donors (Lipinski definition) is 2. The maximum absolute atomic E-state index is 12.2. The van der Waals surface area contributed by atoms with Crippen molar-refractivity contribution in [3.05, 3.63) is 36.1 Å². The third-order valence-electron chi connectivity index (χ3n) is 3.97. The predicted octanol–water partition coefficient (Wildman–Crippen LogP) is 2.02. The molecule has 0 atom stereocenters. The first-order chi connectivity index (χ1) is 10.2. The standard InChI is InChI=1S/C16H20N2O3.ClH/c17-16(6-9-20-10-7-16)15(19)18-8-5-13-11-12-3-1-2-4-14(12)21-13;/h1-4,11H,5-10,17H2,(H,18,19);1H. The Hall–Kier alpha value is -1.56. The van der Waals surface area contributed by atoms with Crippen molar-refractivity contribution < 1.29 is 13.9 Å². The number of para-hydroxylation sites is 1. The molecule has 2 aromatic rings. The Morgan fingerprint density at radius 2 is 2.00 bits per heavy atom. The number of carbonyl (C=O) groups is 1. The first-order valence-corrected chi connectivity index (χ1v) is 7.30. The van der Waals surface area contributed by atoms with Gasteiger partial charge in [-0.3, -0.25) is 4.79 Å². The average Bonchev–Trinajstić information content (AvgIpc) is 2.90. The van der Waals surface area contributed by atoms with Gasteiger partial charge in [-0.15, -0.1) is 12.4 Å². The fourth-order valence-corrected chi connectivity index (χ4v) is 2.60. The number of halogens is 1. The van der Waals surface area contributed by atoms with Crippen LogP contribution in [-0.2, 0) is 16.0 Å². The molecule has 0 radical (unpaired) electrons. The molecule has 0 aliphatic carbocycles. The smallest absolute Gasteiger partial charge is 0.240 e. The van der Waals surface area contributed by atoms with E-state index in [9.17, 15) is 4.79 Å². The summed E-state index contributed by atoms with van der Waals surface area (Å²) in [6.45, 7) is 1.62. The van der Waals surface area contributed by atoms with Crippen molar-refractivity contribution >= 4 is 29.3 Å². The van der Waals surface area contributed by atoms with E-state index in [-0.39, 0.29) is 18.3 Å². The monoisotopic (exact) mass is 324 g/mol. The molecule has 1 aromatic carbocycles. The minimum absolute atomic E-state index is 0. The van der Waals surface area contributed by atoms with Gasteiger partial charge in [0, 0.05) is 31.6 Å². The molecule has 1 aliphatic heterocycles. The third-order valence-corrected chi connectivity index (χ3v) is 3.97. The van der Waals surface area contributed by atoms with Crippen LogP contribution in [0, 0.1) is 0 Å². The van der Waals surface area contributed by atoms with Crippen LogP contribution in [0.4, 0.5) is 0 Å². The number of carbonyl (C=O) groups excluding carboxylic acids is 1. The van der Waals surface area contributed by atoms with Gasteiger partial charge in [-0.25, -0.2) is 0 Å². The summed E-state index contributed by atoms with van der Waals surface area (Å²) in [5.74, 6) is 0.775. The van der Waals surface area contributed by atoms with Gasteiger partial charge < -0.3 is 20.2 Å². The van der Waals surface area contributed by atoms with E-state index < -0.39 is 5.54 Å². The fourth-order valence-electron chi connectivity index (χ4n) is 2.60. The van der Waals surface area contributed by atoms with Gasteiger partial charge in [-0.1, -0.05) is 18.2 Å². The van der Waals surface area contributed by atoms with Gasteiger partial charge in [0.25, 0.3) is 0 Å². The van der Waals surface area contributed by atoms with E-state index in [2.05, 4.69) is 5.32 Å². The number of hydrogen-bond acceptors (Lipinski definition) is 4. The first-order valence-electron chi connectivity index (χ1n) is 7.30. The molecular weight excluding hydrogens is 304 g/mol. The van der Waals surface area contributed by atoms with Gasteiger partial charge in [-0.2, -0.15) is 0 Å². The van der Waals surface area contributed by atoms with Gasteiger partial charge in [0.2, 0.25) is 5.91 Å². The van der Waals surface area contributed by atoms with E-state index >= 15 is 0 Å². The van der Waals surface area contributed by atoms with E-state index in [1.54, 1.807) is 0 Å². The minimum Gasteiger partial charge on any atom is -0.461 e. The number of nitrogens with two attached hydrogens (primary N) is 1. The highest BCUT2D eigenvalue weighted by Gasteiger charge is 2.35. The number of benzene rings is 1. The zero-order chi connectivity index (χ0) is 14.7. The molecule has 1 fully saturated rings. The summed E-state index contributed by atoms with van der Waals surface area (Å²) < 4.78 is 11.0. The third kappa shape index (κ3) is 3.61. The maximum atomic E-state index is 12.2. The highest BCUT2D eigenvalue weighted by molar-refractivity contribution is 5.86. The Morgan fingerprint density at radius 1 is 1.27 bits per heavy atom. The molecule has 1 amide bonds. The van der Waals surface area contributed by atoms with Gasteiger partial charge >= 0.3 is 0 Å². The second kappa shape index (κ2) is 7.13. The lowest BCUT2D eigenvalue weighted by molar-refractivity contribution is -0.129. The minimum atomic E-state index is -0.786. The normalized spacial score (nSPS) is 17.0. The summed E-state index contributed by atoms with van der Waals surface area (Å²) in [6.07, 6.45) is 1.81. The Balaban J connectivity index is 0.00000176. The number of furan rings is 1. The van der Waals surface area contributed by atoms with Crippen LogP contribution in [0.25, 0.3) is 11.0 Å². The molecule has 1 saturated heterocycles. The van der Waals surface area contributed by atoms with Gasteiger partial charge in [0.05, 0.1) is 5.54 Å². The second-order valence-corrected chi connectivity index (χ2v) is 5.52. The summed E-state index contributed by atoms with van der Waals surface area (Å²) in [6, 6.07) is 9.88. The van der Waals surface area contributed by atoms with Crippen molar-refractivity contribution in [2.45, 2.75) is 24.8 Å². The molecule has 5 nitrogen and oxygen atoms in total. The zero-order valence-electron chi connectivity index (χ0n) is 12.3. The van der Waals surface area contributed by atoms with E-state index in [1.165, 1.54) is 0 Å². The molecule has 1 aliphatic rings. The molecule has 0 bridgehead atoms. The summed E-state index contributed by atoms with van der Waals surface area (Å²) in [7, 11) is 0. The first kappa shape index (κ1) is 16.8. The maximum Gasteiger partial charge on any atom is 0.240 e.